The van der Waals surface area contributed by atoms with Crippen LogP contribution in [-0.4, -0.2) is 24.1 Å². The fraction of sp³-hybridized carbons (Fsp3) is 0.273. The van der Waals surface area contributed by atoms with Gasteiger partial charge < -0.3 is 15.2 Å². The molecule has 0 atom stereocenters. The molecule has 0 bridgehead atoms. The van der Waals surface area contributed by atoms with Gasteiger partial charge in [0, 0.05) is 19.0 Å². The van der Waals surface area contributed by atoms with Gasteiger partial charge in [0.05, 0.1) is 12.7 Å². The molecule has 0 aliphatic heterocycles. The van der Waals surface area contributed by atoms with Gasteiger partial charge in [-0.05, 0) is 12.1 Å². The highest BCUT2D eigenvalue weighted by Crippen LogP contribution is 2.20. The van der Waals surface area contributed by atoms with Crippen LogP contribution in [0.3, 0.4) is 0 Å². The van der Waals surface area contributed by atoms with E-state index >= 15 is 0 Å². The van der Waals surface area contributed by atoms with Crippen molar-refractivity contribution < 1.29 is 19.4 Å². The molecule has 1 rings (SSSR count). The van der Waals surface area contributed by atoms with Crippen molar-refractivity contribution in [3.8, 4) is 5.75 Å². The van der Waals surface area contributed by atoms with E-state index in [4.69, 9.17) is 9.84 Å². The Balaban J connectivity index is 2.93. The Morgan fingerprint density at radius 2 is 2.12 bits per heavy atom. The average molecular weight is 223 g/mol. The lowest BCUT2D eigenvalue weighted by Crippen LogP contribution is -2.19. The highest BCUT2D eigenvalue weighted by molar-refractivity contribution is 5.88. The van der Waals surface area contributed by atoms with Crippen LogP contribution in [0.1, 0.15) is 22.8 Å². The first-order chi connectivity index (χ1) is 7.54. The summed E-state index contributed by atoms with van der Waals surface area (Å²) < 4.78 is 5.05. The van der Waals surface area contributed by atoms with Crippen LogP contribution in [0.15, 0.2) is 18.2 Å². The molecule has 0 saturated heterocycles. The third kappa shape index (κ3) is 2.98. The van der Waals surface area contributed by atoms with Crippen molar-refractivity contribution in [1.29, 1.82) is 0 Å². The summed E-state index contributed by atoms with van der Waals surface area (Å²) in [7, 11) is 1.46. The maximum atomic E-state index is 10.7. The van der Waals surface area contributed by atoms with Crippen molar-refractivity contribution in [3.63, 3.8) is 0 Å². The van der Waals surface area contributed by atoms with Crippen molar-refractivity contribution in [2.75, 3.05) is 7.11 Å². The first-order valence-electron chi connectivity index (χ1n) is 4.69. The number of amides is 1. The summed E-state index contributed by atoms with van der Waals surface area (Å²) in [6.45, 7) is 1.73. The Bertz CT molecular complexity index is 414. The summed E-state index contributed by atoms with van der Waals surface area (Å²) >= 11 is 0. The van der Waals surface area contributed by atoms with Crippen molar-refractivity contribution in [1.82, 2.24) is 5.32 Å². The fourth-order valence-corrected chi connectivity index (χ4v) is 1.24. The van der Waals surface area contributed by atoms with Crippen LogP contribution in [0, 0.1) is 0 Å². The molecule has 5 heteroatoms. The lowest BCUT2D eigenvalue weighted by molar-refractivity contribution is -0.119. The van der Waals surface area contributed by atoms with Gasteiger partial charge in [-0.2, -0.15) is 0 Å². The van der Waals surface area contributed by atoms with E-state index in [1.807, 2.05) is 0 Å². The minimum atomic E-state index is -1.01. The third-order valence-electron chi connectivity index (χ3n) is 2.06. The number of ether oxygens (including phenoxy) is 1. The zero-order valence-corrected chi connectivity index (χ0v) is 9.11. The first kappa shape index (κ1) is 12.0. The predicted octanol–water partition coefficient (Wildman–Crippen LogP) is 1.03. The number of carboxylic acid groups (broad SMARTS) is 1. The third-order valence-corrected chi connectivity index (χ3v) is 2.06. The summed E-state index contributed by atoms with van der Waals surface area (Å²) in [5.74, 6) is -0.706. The Morgan fingerprint density at radius 1 is 1.44 bits per heavy atom. The van der Waals surface area contributed by atoms with E-state index in [0.29, 0.717) is 12.3 Å². The normalized spacial score (nSPS) is 9.62. The van der Waals surface area contributed by atoms with Gasteiger partial charge >= 0.3 is 5.97 Å². The number of benzene rings is 1. The summed E-state index contributed by atoms with van der Waals surface area (Å²) in [6, 6.07) is 4.53. The Kier molecular flexibility index (Phi) is 3.88. The van der Waals surface area contributed by atoms with Crippen LogP contribution in [0.5, 0.6) is 5.75 Å². The van der Waals surface area contributed by atoms with Gasteiger partial charge in [0.2, 0.25) is 5.91 Å². The molecule has 86 valence electrons. The Hall–Kier alpha value is -2.04. The van der Waals surface area contributed by atoms with E-state index in [2.05, 4.69) is 5.32 Å². The Morgan fingerprint density at radius 3 is 2.62 bits per heavy atom. The SMILES string of the molecule is COc1cc(C(=O)O)ccc1CNC(C)=O. The molecule has 0 spiro atoms. The standard InChI is InChI=1S/C11H13NO4/c1-7(13)12-6-9-4-3-8(11(14)15)5-10(9)16-2/h3-5H,6H2,1-2H3,(H,12,13)(H,14,15). The zero-order valence-electron chi connectivity index (χ0n) is 9.11. The molecule has 0 aromatic heterocycles. The van der Waals surface area contributed by atoms with Gasteiger partial charge in [-0.15, -0.1) is 0 Å². The summed E-state index contributed by atoms with van der Waals surface area (Å²) in [5, 5.41) is 11.4. The lowest BCUT2D eigenvalue weighted by Gasteiger charge is -2.09. The molecular weight excluding hydrogens is 210 g/mol. The van der Waals surface area contributed by atoms with Crippen LogP contribution in [0.2, 0.25) is 0 Å². The van der Waals surface area contributed by atoms with E-state index in [1.165, 1.54) is 26.2 Å². The molecule has 0 radical (unpaired) electrons. The molecule has 0 unspecified atom stereocenters. The number of carbonyl (C=O) groups excluding carboxylic acids is 1. The molecule has 1 aromatic rings. The first-order valence-corrected chi connectivity index (χ1v) is 4.69. The van der Waals surface area contributed by atoms with Gasteiger partial charge in [-0.1, -0.05) is 6.07 Å². The quantitative estimate of drug-likeness (QED) is 0.799. The van der Waals surface area contributed by atoms with Crippen LogP contribution in [-0.2, 0) is 11.3 Å². The van der Waals surface area contributed by atoms with Gasteiger partial charge in [-0.3, -0.25) is 4.79 Å². The smallest absolute Gasteiger partial charge is 0.335 e. The highest BCUT2D eigenvalue weighted by Gasteiger charge is 2.08. The maximum Gasteiger partial charge on any atom is 0.335 e. The number of carbonyl (C=O) groups is 2. The molecule has 1 amide bonds. The molecule has 0 aliphatic rings. The van der Waals surface area contributed by atoms with Crippen molar-refractivity contribution >= 4 is 11.9 Å². The largest absolute Gasteiger partial charge is 0.496 e. The molecule has 0 fully saturated rings. The van der Waals surface area contributed by atoms with Gasteiger partial charge in [0.15, 0.2) is 0 Å². The molecule has 0 heterocycles. The molecule has 16 heavy (non-hydrogen) atoms. The number of aromatic carboxylic acids is 1. The van der Waals surface area contributed by atoms with Crippen molar-refractivity contribution in [2.45, 2.75) is 13.5 Å². The lowest BCUT2D eigenvalue weighted by atomic mass is 10.1. The number of carboxylic acids is 1. The summed E-state index contributed by atoms with van der Waals surface area (Å²) in [4.78, 5) is 21.5. The monoisotopic (exact) mass is 223 g/mol. The molecular formula is C11H13NO4. The van der Waals surface area contributed by atoms with Crippen LogP contribution < -0.4 is 10.1 Å². The number of hydrogen-bond acceptors (Lipinski definition) is 3. The van der Waals surface area contributed by atoms with Crippen LogP contribution in [0.4, 0.5) is 0 Å². The van der Waals surface area contributed by atoms with Crippen LogP contribution in [0.25, 0.3) is 0 Å². The summed E-state index contributed by atoms with van der Waals surface area (Å²) in [5.41, 5.74) is 0.895. The van der Waals surface area contributed by atoms with E-state index in [-0.39, 0.29) is 11.5 Å². The molecule has 2 N–H and O–H groups in total. The van der Waals surface area contributed by atoms with Gasteiger partial charge in [0.1, 0.15) is 5.75 Å². The molecule has 1 aromatic carbocycles. The van der Waals surface area contributed by atoms with Crippen molar-refractivity contribution in [3.05, 3.63) is 29.3 Å². The topological polar surface area (TPSA) is 75.6 Å². The molecule has 5 nitrogen and oxygen atoms in total. The maximum absolute atomic E-state index is 10.7. The summed E-state index contributed by atoms with van der Waals surface area (Å²) in [6.07, 6.45) is 0. The van der Waals surface area contributed by atoms with E-state index < -0.39 is 5.97 Å². The molecule has 0 saturated carbocycles. The number of nitrogens with one attached hydrogen (secondary N) is 1. The number of methoxy groups -OCH3 is 1. The second kappa shape index (κ2) is 5.16. The minimum absolute atomic E-state index is 0.149. The van der Waals surface area contributed by atoms with Gasteiger partial charge in [0.25, 0.3) is 0 Å². The fourth-order valence-electron chi connectivity index (χ4n) is 1.24. The number of rotatable bonds is 4. The van der Waals surface area contributed by atoms with Crippen molar-refractivity contribution in [2.24, 2.45) is 0 Å². The average Bonchev–Trinajstić information content (AvgIpc) is 2.25. The van der Waals surface area contributed by atoms with Gasteiger partial charge in [-0.25, -0.2) is 4.79 Å². The molecule has 0 aliphatic carbocycles. The second-order valence-electron chi connectivity index (χ2n) is 3.24. The van der Waals surface area contributed by atoms with E-state index in [1.54, 1.807) is 6.07 Å². The minimum Gasteiger partial charge on any atom is -0.496 e. The Labute approximate surface area is 93.0 Å². The number of hydrogen-bond donors (Lipinski definition) is 2. The highest BCUT2D eigenvalue weighted by atomic mass is 16.5. The zero-order chi connectivity index (χ0) is 12.1. The van der Waals surface area contributed by atoms with E-state index in [0.717, 1.165) is 5.56 Å². The second-order valence-corrected chi connectivity index (χ2v) is 3.24. The predicted molar refractivity (Wildman–Crippen MR) is 57.5 cm³/mol. The van der Waals surface area contributed by atoms with E-state index in [9.17, 15) is 9.59 Å². The van der Waals surface area contributed by atoms with Crippen LogP contribution >= 0.6 is 0 Å².